The number of amides is 1. The summed E-state index contributed by atoms with van der Waals surface area (Å²) < 4.78 is 39.2. The lowest BCUT2D eigenvalue weighted by molar-refractivity contribution is -0.137. The third-order valence-electron chi connectivity index (χ3n) is 7.13. The summed E-state index contributed by atoms with van der Waals surface area (Å²) in [6, 6.07) is 5.83. The fourth-order valence-corrected chi connectivity index (χ4v) is 4.81. The summed E-state index contributed by atoms with van der Waals surface area (Å²) in [6.07, 6.45) is 4.43. The molecule has 0 spiro atoms. The van der Waals surface area contributed by atoms with Gasteiger partial charge in [0, 0.05) is 56.4 Å². The number of alkyl halides is 3. The van der Waals surface area contributed by atoms with Crippen molar-refractivity contribution in [1.82, 2.24) is 30.8 Å². The van der Waals surface area contributed by atoms with Crippen LogP contribution in [0.3, 0.4) is 0 Å². The van der Waals surface area contributed by atoms with Gasteiger partial charge in [0.1, 0.15) is 5.69 Å². The Bertz CT molecular complexity index is 1440. The number of halogens is 3. The van der Waals surface area contributed by atoms with Crippen molar-refractivity contribution < 1.29 is 18.0 Å². The Morgan fingerprint density at radius 3 is 2.66 bits per heavy atom. The van der Waals surface area contributed by atoms with Gasteiger partial charge < -0.3 is 15.6 Å². The molecule has 0 aromatic carbocycles. The minimum Gasteiger partial charge on any atom is -0.369 e. The maximum absolute atomic E-state index is 13.1. The number of carbonyl (C=O) groups excluding carboxylic acids is 1. The van der Waals surface area contributed by atoms with Crippen molar-refractivity contribution in [2.75, 3.05) is 41.4 Å². The molecule has 1 saturated heterocycles. The van der Waals surface area contributed by atoms with Crippen molar-refractivity contribution in [3.63, 3.8) is 0 Å². The van der Waals surface area contributed by atoms with E-state index in [-0.39, 0.29) is 5.69 Å². The van der Waals surface area contributed by atoms with Gasteiger partial charge in [-0.1, -0.05) is 0 Å². The van der Waals surface area contributed by atoms with E-state index in [0.29, 0.717) is 29.2 Å². The Balaban J connectivity index is 1.31. The van der Waals surface area contributed by atoms with Gasteiger partial charge in [0.15, 0.2) is 0 Å². The Kier molecular flexibility index (Phi) is 8.08. The zero-order valence-corrected chi connectivity index (χ0v) is 23.0. The Morgan fingerprint density at radius 1 is 1.05 bits per heavy atom. The smallest absolute Gasteiger partial charge is 0.369 e. The van der Waals surface area contributed by atoms with Crippen molar-refractivity contribution >= 4 is 28.7 Å². The van der Waals surface area contributed by atoms with Crippen LogP contribution in [0.15, 0.2) is 55.3 Å². The van der Waals surface area contributed by atoms with Gasteiger partial charge in [0.2, 0.25) is 0 Å². The summed E-state index contributed by atoms with van der Waals surface area (Å²) >= 11 is 0. The van der Waals surface area contributed by atoms with E-state index < -0.39 is 17.6 Å². The number of nitrogens with one attached hydrogen (secondary N) is 3. The van der Waals surface area contributed by atoms with E-state index in [2.05, 4.69) is 60.9 Å². The van der Waals surface area contributed by atoms with Crippen molar-refractivity contribution in [3.05, 3.63) is 77.8 Å². The highest BCUT2D eigenvalue weighted by molar-refractivity contribution is 6.03. The van der Waals surface area contributed by atoms with Gasteiger partial charge >= 0.3 is 6.18 Å². The monoisotopic (exact) mass is 567 g/mol. The maximum atomic E-state index is 13.1. The first-order valence-electron chi connectivity index (χ1n) is 13.4. The van der Waals surface area contributed by atoms with Crippen molar-refractivity contribution in [2.24, 2.45) is 0 Å². The predicted octanol–water partition coefficient (Wildman–Crippen LogP) is 4.20. The molecule has 2 aliphatic heterocycles. The molecule has 0 bridgehead atoms. The van der Waals surface area contributed by atoms with E-state index >= 15 is 0 Å². The molecule has 3 N–H and O–H groups in total. The van der Waals surface area contributed by atoms with Crippen LogP contribution in [0.25, 0.3) is 5.70 Å². The first kappa shape index (κ1) is 28.3. The van der Waals surface area contributed by atoms with Crippen LogP contribution in [0.2, 0.25) is 0 Å². The quantitative estimate of drug-likeness (QED) is 0.405. The molecular formula is C28H32F3N9O. The lowest BCUT2D eigenvalue weighted by atomic mass is 10.2. The summed E-state index contributed by atoms with van der Waals surface area (Å²) in [5, 5.41) is 4.30. The van der Waals surface area contributed by atoms with Crippen LogP contribution in [-0.2, 0) is 6.18 Å². The molecule has 3 aromatic heterocycles. The zero-order valence-electron chi connectivity index (χ0n) is 23.0. The molecular weight excluding hydrogens is 535 g/mol. The average Bonchev–Trinajstić information content (AvgIpc) is 3.30. The summed E-state index contributed by atoms with van der Waals surface area (Å²) in [4.78, 5) is 30.1. The number of rotatable bonds is 6. The highest BCUT2D eigenvalue weighted by Gasteiger charge is 2.31. The van der Waals surface area contributed by atoms with Gasteiger partial charge in [-0.05, 0) is 51.5 Å². The van der Waals surface area contributed by atoms with E-state index in [1.165, 1.54) is 6.20 Å². The molecule has 10 nitrogen and oxygen atoms in total. The number of anilines is 3. The fourth-order valence-electron chi connectivity index (χ4n) is 4.81. The van der Waals surface area contributed by atoms with Gasteiger partial charge in [0.25, 0.3) is 5.91 Å². The first-order chi connectivity index (χ1) is 19.6. The number of carbonyl (C=O) groups is 1. The minimum absolute atomic E-state index is 0.304. The Labute approximate surface area is 236 Å². The molecule has 0 radical (unpaired) electrons. The van der Waals surface area contributed by atoms with E-state index in [1.54, 1.807) is 17.3 Å². The molecule has 41 heavy (non-hydrogen) atoms. The molecule has 0 saturated carbocycles. The number of hydrazine groups is 2. The molecule has 0 aliphatic carbocycles. The van der Waals surface area contributed by atoms with Gasteiger partial charge in [-0.15, -0.1) is 5.53 Å². The topological polar surface area (TPSA) is 102 Å². The summed E-state index contributed by atoms with van der Waals surface area (Å²) in [7, 11) is 0. The van der Waals surface area contributed by atoms with Crippen molar-refractivity contribution in [2.45, 2.75) is 39.4 Å². The lowest BCUT2D eigenvalue weighted by Crippen LogP contribution is -2.36. The van der Waals surface area contributed by atoms with Crippen LogP contribution in [-0.4, -0.2) is 58.0 Å². The summed E-state index contributed by atoms with van der Waals surface area (Å²) in [5.41, 5.74) is 9.29. The van der Waals surface area contributed by atoms with E-state index in [0.717, 1.165) is 61.8 Å². The van der Waals surface area contributed by atoms with Gasteiger partial charge in [-0.2, -0.15) is 13.2 Å². The van der Waals surface area contributed by atoms with Gasteiger partial charge in [0.05, 0.1) is 46.4 Å². The molecule has 1 amide bonds. The van der Waals surface area contributed by atoms with Crippen LogP contribution < -0.4 is 26.2 Å². The number of nitrogens with zero attached hydrogens (tertiary/aromatic N) is 6. The van der Waals surface area contributed by atoms with Crippen LogP contribution in [0.5, 0.6) is 0 Å². The normalized spacial score (nSPS) is 16.4. The molecule has 0 atom stereocenters. The molecule has 5 rings (SSSR count). The average molecular weight is 568 g/mol. The first-order valence-corrected chi connectivity index (χ1v) is 13.4. The molecule has 216 valence electrons. The molecule has 13 heteroatoms. The molecule has 5 heterocycles. The number of hydrogen-bond acceptors (Lipinski definition) is 9. The number of hydrogen-bond donors (Lipinski definition) is 3. The second-order valence-electron chi connectivity index (χ2n) is 10.3. The van der Waals surface area contributed by atoms with Gasteiger partial charge in [-0.25, -0.2) is 0 Å². The van der Waals surface area contributed by atoms with Crippen LogP contribution in [0, 0.1) is 6.92 Å². The Hall–Kier alpha value is -4.23. The number of pyridine rings is 3. The zero-order chi connectivity index (χ0) is 29.1. The number of aromatic nitrogens is 3. The third kappa shape index (κ3) is 6.57. The molecule has 2 aliphatic rings. The second-order valence-corrected chi connectivity index (χ2v) is 10.3. The minimum atomic E-state index is -4.58. The molecule has 3 aromatic rings. The fraction of sp³-hybridized carbons (Fsp3) is 0.357. The predicted molar refractivity (Wildman–Crippen MR) is 151 cm³/mol. The van der Waals surface area contributed by atoms with Gasteiger partial charge in [-0.3, -0.25) is 29.7 Å². The van der Waals surface area contributed by atoms with E-state index in [1.807, 2.05) is 19.3 Å². The highest BCUT2D eigenvalue weighted by Crippen LogP contribution is 2.30. The van der Waals surface area contributed by atoms with Crippen molar-refractivity contribution in [1.29, 1.82) is 0 Å². The summed E-state index contributed by atoms with van der Waals surface area (Å²) in [6.45, 7) is 10.2. The highest BCUT2D eigenvalue weighted by atomic mass is 19.4. The standard InChI is InChI=1S/C28H32F3N9O/c1-18(2)38-7-4-8-39(10-9-38)23-11-20(14-32-16-23)25-17-40(37-36-25)26-13-22(15-34-19(26)3)35-27(41)24-12-21(5-6-33-24)28(29,30)31/h5-6,11-18,36-37H,4,7-10H2,1-3H3,(H,35,41). The van der Waals surface area contributed by atoms with E-state index in [9.17, 15) is 18.0 Å². The van der Waals surface area contributed by atoms with Crippen LogP contribution >= 0.6 is 0 Å². The van der Waals surface area contributed by atoms with Crippen LogP contribution in [0.4, 0.5) is 30.2 Å². The number of aryl methyl sites for hydroxylation is 1. The molecule has 1 fully saturated rings. The third-order valence-corrected chi connectivity index (χ3v) is 7.13. The SMILES string of the molecule is Cc1ncc(NC(=O)c2cc(C(F)(F)F)ccn2)cc1N1C=C(c2cncc(N3CCCN(C(C)C)CC3)c2)NN1. The molecule has 0 unspecified atom stereocenters. The van der Waals surface area contributed by atoms with E-state index in [4.69, 9.17) is 0 Å². The second kappa shape index (κ2) is 11.7. The van der Waals surface area contributed by atoms with Crippen LogP contribution in [0.1, 0.15) is 47.6 Å². The maximum Gasteiger partial charge on any atom is 0.416 e. The lowest BCUT2D eigenvalue weighted by Gasteiger charge is -2.25. The largest absolute Gasteiger partial charge is 0.416 e. The summed E-state index contributed by atoms with van der Waals surface area (Å²) in [5.74, 6) is -0.774. The Morgan fingerprint density at radius 2 is 1.88 bits per heavy atom. The van der Waals surface area contributed by atoms with Crippen molar-refractivity contribution in [3.8, 4) is 0 Å².